The SMILES string of the molecule is CC(C)(C)c1ccc(N2c3cc([Si](C)(C)C)oc3B3c4oc([Si](C)(C)C)cc4N(c4ccc(C(C)(C)C)cc4)c4cc(N(c5ccccc5)c5ccccc5)cc2c43)cc1. The molecule has 60 heavy (non-hydrogen) atoms. The zero-order chi connectivity index (χ0) is 42.5. The van der Waals surface area contributed by atoms with Gasteiger partial charge in [-0.1, -0.05) is 141 Å². The van der Waals surface area contributed by atoms with Gasteiger partial charge in [-0.15, -0.1) is 0 Å². The van der Waals surface area contributed by atoms with Crippen LogP contribution in [0, 0.1) is 0 Å². The van der Waals surface area contributed by atoms with E-state index in [4.69, 9.17) is 8.83 Å². The lowest BCUT2D eigenvalue weighted by molar-refractivity contribution is 0.590. The number of para-hydroxylation sites is 2. The Kier molecular flexibility index (Phi) is 9.38. The van der Waals surface area contributed by atoms with Crippen LogP contribution in [0.5, 0.6) is 0 Å². The first-order chi connectivity index (χ1) is 28.3. The lowest BCUT2D eigenvalue weighted by Crippen LogP contribution is -2.60. The molecule has 8 heteroatoms. The van der Waals surface area contributed by atoms with Crippen LogP contribution in [0.3, 0.4) is 0 Å². The van der Waals surface area contributed by atoms with Crippen molar-refractivity contribution in [2.75, 3.05) is 14.7 Å². The summed E-state index contributed by atoms with van der Waals surface area (Å²) in [5, 5.41) is 2.18. The van der Waals surface area contributed by atoms with Gasteiger partial charge in [0.15, 0.2) is 0 Å². The number of nitrogens with zero attached hydrogens (tertiary/aromatic N) is 3. The van der Waals surface area contributed by atoms with Gasteiger partial charge in [-0.05, 0) is 100 Å². The van der Waals surface area contributed by atoms with E-state index in [0.29, 0.717) is 0 Å². The van der Waals surface area contributed by atoms with E-state index < -0.39 is 16.1 Å². The van der Waals surface area contributed by atoms with Crippen LogP contribution in [0.15, 0.2) is 142 Å². The molecule has 0 unspecified atom stereocenters. The summed E-state index contributed by atoms with van der Waals surface area (Å²) in [6.07, 6.45) is 0. The van der Waals surface area contributed by atoms with Gasteiger partial charge in [-0.25, -0.2) is 0 Å². The molecule has 0 aliphatic carbocycles. The van der Waals surface area contributed by atoms with Crippen molar-refractivity contribution in [3.05, 3.63) is 145 Å². The van der Waals surface area contributed by atoms with Crippen molar-refractivity contribution in [2.24, 2.45) is 0 Å². The number of fused-ring (bicyclic) bond motifs is 4. The highest BCUT2D eigenvalue weighted by atomic mass is 28.3. The Morgan fingerprint density at radius 1 is 0.450 bits per heavy atom. The summed E-state index contributed by atoms with van der Waals surface area (Å²) in [5.41, 5.74) is 15.6. The maximum atomic E-state index is 7.25. The molecule has 9 rings (SSSR count). The molecule has 5 aromatic carbocycles. The first kappa shape index (κ1) is 40.0. The molecule has 304 valence electrons. The molecule has 0 atom stereocenters. The number of furan rings is 2. The van der Waals surface area contributed by atoms with Crippen molar-refractivity contribution >= 4 is 102 Å². The largest absolute Gasteiger partial charge is 0.478 e. The molecule has 5 nitrogen and oxygen atoms in total. The maximum absolute atomic E-state index is 7.25. The molecular weight excluding hydrogens is 766 g/mol. The molecule has 2 aliphatic heterocycles. The van der Waals surface area contributed by atoms with Crippen molar-refractivity contribution in [1.82, 2.24) is 0 Å². The van der Waals surface area contributed by atoms with Crippen LogP contribution in [-0.4, -0.2) is 22.9 Å². The molecule has 0 radical (unpaired) electrons. The molecule has 0 saturated heterocycles. The highest BCUT2D eigenvalue weighted by Crippen LogP contribution is 2.48. The Labute approximate surface area is 359 Å². The molecule has 0 spiro atoms. The summed E-state index contributed by atoms with van der Waals surface area (Å²) in [6, 6.07) is 49.4. The van der Waals surface area contributed by atoms with Gasteiger partial charge in [-0.3, -0.25) is 0 Å². The number of hydrogen-bond donors (Lipinski definition) is 0. The summed E-state index contributed by atoms with van der Waals surface area (Å²) in [7, 11) is -3.82. The van der Waals surface area contributed by atoms with E-state index >= 15 is 0 Å². The standard InChI is InChI=1S/C52H58BN3O2Si2/c1-51(2,3)35-23-27-39(28-24-35)55-42-31-41(54(37-19-15-13-16-20-37)38-21-17-14-18-22-38)32-43-48(42)53(49-44(55)33-46(57-49)59(7,8)9)50-45(34-47(58-50)60(10,11)12)56(43)40-29-25-36(26-30-40)52(4,5)6/h13-34H,1-12H3. The zero-order valence-corrected chi connectivity index (χ0v) is 39.4. The van der Waals surface area contributed by atoms with Crippen LogP contribution in [0.25, 0.3) is 0 Å². The van der Waals surface area contributed by atoms with Crippen LogP contribution in [-0.2, 0) is 10.8 Å². The van der Waals surface area contributed by atoms with Gasteiger partial charge in [0.2, 0.25) is 0 Å². The molecule has 7 aromatic rings. The predicted octanol–water partition coefficient (Wildman–Crippen LogP) is 12.1. The Bertz CT molecular complexity index is 2510. The predicted molar refractivity (Wildman–Crippen MR) is 263 cm³/mol. The monoisotopic (exact) mass is 823 g/mol. The fourth-order valence-electron chi connectivity index (χ4n) is 8.72. The highest BCUT2D eigenvalue weighted by molar-refractivity contribution is 7.00. The van der Waals surface area contributed by atoms with Gasteiger partial charge in [0.05, 0.1) is 27.8 Å². The third-order valence-corrected chi connectivity index (χ3v) is 15.6. The second-order valence-corrected chi connectivity index (χ2v) is 30.8. The average Bonchev–Trinajstić information content (AvgIpc) is 3.85. The molecule has 0 fully saturated rings. The Morgan fingerprint density at radius 3 is 1.15 bits per heavy atom. The summed E-state index contributed by atoms with van der Waals surface area (Å²) in [5.74, 6) is 0. The molecular formula is C52H58BN3O2Si2. The number of benzene rings is 5. The van der Waals surface area contributed by atoms with Crippen LogP contribution < -0.4 is 42.2 Å². The topological polar surface area (TPSA) is 36.0 Å². The fraction of sp³-hybridized carbons (Fsp3) is 0.269. The van der Waals surface area contributed by atoms with Gasteiger partial charge < -0.3 is 23.5 Å². The lowest BCUT2D eigenvalue weighted by atomic mass is 9.38. The maximum Gasteiger partial charge on any atom is 0.342 e. The minimum absolute atomic E-state index is 0.0229. The number of rotatable bonds is 7. The number of hydrogen-bond acceptors (Lipinski definition) is 5. The van der Waals surface area contributed by atoms with Crippen molar-refractivity contribution < 1.29 is 8.83 Å². The normalized spacial score (nSPS) is 13.9. The Morgan fingerprint density at radius 2 is 0.817 bits per heavy atom. The van der Waals surface area contributed by atoms with E-state index in [1.165, 1.54) is 16.6 Å². The smallest absolute Gasteiger partial charge is 0.342 e. The minimum atomic E-state index is -1.91. The van der Waals surface area contributed by atoms with Gasteiger partial charge in [0.25, 0.3) is 0 Å². The van der Waals surface area contributed by atoms with E-state index in [0.717, 1.165) is 73.3 Å². The summed E-state index contributed by atoms with van der Waals surface area (Å²) in [6.45, 7) is 27.7. The quantitative estimate of drug-likeness (QED) is 0.150. The summed E-state index contributed by atoms with van der Waals surface area (Å²) in [4.78, 5) is 7.33. The zero-order valence-electron chi connectivity index (χ0n) is 37.4. The van der Waals surface area contributed by atoms with Crippen molar-refractivity contribution in [3.8, 4) is 0 Å². The Balaban J connectivity index is 1.41. The molecule has 0 N–H and O–H groups in total. The lowest BCUT2D eigenvalue weighted by Gasteiger charge is -2.41. The summed E-state index contributed by atoms with van der Waals surface area (Å²) < 4.78 is 14.5. The molecule has 0 saturated carbocycles. The van der Waals surface area contributed by atoms with E-state index in [2.05, 4.69) is 229 Å². The van der Waals surface area contributed by atoms with Crippen LogP contribution >= 0.6 is 0 Å². The average molecular weight is 824 g/mol. The second kappa shape index (κ2) is 14.1. The summed E-state index contributed by atoms with van der Waals surface area (Å²) >= 11 is 0. The van der Waals surface area contributed by atoms with Crippen molar-refractivity contribution in [1.29, 1.82) is 0 Å². The van der Waals surface area contributed by atoms with Gasteiger partial charge in [0, 0.05) is 34.1 Å². The van der Waals surface area contributed by atoms with E-state index in [1.807, 2.05) is 0 Å². The molecule has 2 aliphatic rings. The highest BCUT2D eigenvalue weighted by Gasteiger charge is 2.50. The van der Waals surface area contributed by atoms with Crippen LogP contribution in [0.1, 0.15) is 52.7 Å². The van der Waals surface area contributed by atoms with Crippen molar-refractivity contribution in [2.45, 2.75) is 91.7 Å². The molecule has 0 amide bonds. The van der Waals surface area contributed by atoms with E-state index in [-0.39, 0.29) is 17.5 Å². The van der Waals surface area contributed by atoms with E-state index in [9.17, 15) is 0 Å². The Hall–Kier alpha value is -5.44. The molecule has 0 bridgehead atoms. The van der Waals surface area contributed by atoms with Crippen molar-refractivity contribution in [3.63, 3.8) is 0 Å². The molecule has 4 heterocycles. The second-order valence-electron chi connectivity index (χ2n) is 20.8. The third kappa shape index (κ3) is 6.87. The third-order valence-electron chi connectivity index (χ3n) is 12.1. The fourth-order valence-corrected chi connectivity index (χ4v) is 10.7. The first-order valence-electron chi connectivity index (χ1n) is 21.5. The minimum Gasteiger partial charge on any atom is -0.478 e. The van der Waals surface area contributed by atoms with Gasteiger partial charge >= 0.3 is 6.71 Å². The van der Waals surface area contributed by atoms with Gasteiger partial charge in [-0.2, -0.15) is 0 Å². The van der Waals surface area contributed by atoms with Crippen LogP contribution in [0.2, 0.25) is 39.3 Å². The molecule has 2 aromatic heterocycles. The van der Waals surface area contributed by atoms with E-state index in [1.54, 1.807) is 0 Å². The first-order valence-corrected chi connectivity index (χ1v) is 28.5. The van der Waals surface area contributed by atoms with Gasteiger partial charge in [0.1, 0.15) is 27.5 Å². The number of anilines is 9. The van der Waals surface area contributed by atoms with Crippen LogP contribution in [0.4, 0.5) is 51.2 Å².